The maximum absolute atomic E-state index is 15.9. The van der Waals surface area contributed by atoms with E-state index in [1.807, 2.05) is 166 Å². The number of hydrogen-bond acceptors (Lipinski definition) is 6. The van der Waals surface area contributed by atoms with Crippen molar-refractivity contribution in [1.29, 1.82) is 0 Å². The van der Waals surface area contributed by atoms with Crippen LogP contribution in [0.3, 0.4) is 0 Å². The Hall–Kier alpha value is -6.31. The highest BCUT2D eigenvalue weighted by molar-refractivity contribution is 8.01. The Kier molecular flexibility index (Phi) is 13.3. The van der Waals surface area contributed by atoms with Crippen molar-refractivity contribution in [3.63, 3.8) is 0 Å². The van der Waals surface area contributed by atoms with E-state index < -0.39 is 35.4 Å². The number of hydrogen-bond donors (Lipinski definition) is 1. The van der Waals surface area contributed by atoms with Gasteiger partial charge in [0.2, 0.25) is 5.91 Å². The van der Waals surface area contributed by atoms with Crippen LogP contribution < -0.4 is 21.2 Å². The number of nitrogens with one attached hydrogen (secondary N) is 1. The lowest BCUT2D eigenvalue weighted by molar-refractivity contribution is -0.151. The molecule has 2 unspecified atom stereocenters. The van der Waals surface area contributed by atoms with Crippen LogP contribution in [0.25, 0.3) is 0 Å². The molecule has 1 saturated heterocycles. The molecule has 1 fully saturated rings. The van der Waals surface area contributed by atoms with E-state index in [9.17, 15) is 9.18 Å². The Morgan fingerprint density at radius 3 is 1.39 bits per heavy atom. The lowest BCUT2D eigenvalue weighted by Gasteiger charge is -2.53. The van der Waals surface area contributed by atoms with Gasteiger partial charge in [-0.1, -0.05) is 194 Å². The van der Waals surface area contributed by atoms with Gasteiger partial charge in [-0.05, 0) is 71.1 Å². The second kappa shape index (κ2) is 19.2. The number of ketones is 1. The second-order valence-electron chi connectivity index (χ2n) is 16.7. The number of thioether (sulfide) groups is 1. The lowest BCUT2D eigenvalue weighted by atomic mass is 9.76. The summed E-state index contributed by atoms with van der Waals surface area (Å²) >= 11 is 1.31. The SMILES string of the molecule is CC(C)(C)OC(=O)C(N1C(=O)C(NC(c2ccccc2)(c2ccccc2)c2ccccc2)C1SCC(=O)Cc1ccc(F)cc1)=P(c1ccccc1)(c1ccccc1)c1ccccc1. The van der Waals surface area contributed by atoms with Crippen molar-refractivity contribution in [3.05, 3.63) is 234 Å². The molecule has 7 aromatic rings. The average molecular weight is 885 g/mol. The van der Waals surface area contributed by atoms with Crippen molar-refractivity contribution >= 4 is 57.6 Å². The minimum atomic E-state index is -3.27. The van der Waals surface area contributed by atoms with Gasteiger partial charge in [0.05, 0.1) is 11.3 Å². The molecule has 0 saturated carbocycles. The number of ether oxygens (including phenoxy) is 1. The minimum absolute atomic E-state index is 0.00800. The molecule has 0 aromatic heterocycles. The normalized spacial score (nSPS) is 15.2. The maximum Gasteiger partial charge on any atom is 0.356 e. The van der Waals surface area contributed by atoms with Crippen LogP contribution in [0.1, 0.15) is 43.0 Å². The molecular weight excluding hydrogens is 835 g/mol. The first-order chi connectivity index (χ1) is 31.0. The van der Waals surface area contributed by atoms with Crippen molar-refractivity contribution in [1.82, 2.24) is 10.2 Å². The zero-order valence-electron chi connectivity index (χ0n) is 36.0. The molecule has 8 rings (SSSR count). The van der Waals surface area contributed by atoms with E-state index in [4.69, 9.17) is 4.74 Å². The van der Waals surface area contributed by atoms with Gasteiger partial charge in [0.15, 0.2) is 0 Å². The highest BCUT2D eigenvalue weighted by Crippen LogP contribution is 2.51. The first-order valence-corrected chi connectivity index (χ1v) is 24.2. The molecule has 2 atom stereocenters. The standard InChI is InChI=1S/C55H50FN2O4PS/c1-54(2,3)62-53(61)51(63(46-28-16-7-17-29-46,47-30-18-8-19-31-47)48-32-20-9-21-33-48)58-50(60)49(52(58)64-39-45(59)38-40-34-36-44(56)37-35-40)57-55(41-22-10-4-11-23-41,42-24-12-5-13-25-42)43-26-14-6-15-27-43/h4-37,49,52,57H,38-39H2,1-3H3. The first-order valence-electron chi connectivity index (χ1n) is 21.3. The van der Waals surface area contributed by atoms with E-state index in [0.717, 1.165) is 32.6 Å². The van der Waals surface area contributed by atoms with Crippen molar-refractivity contribution in [2.24, 2.45) is 0 Å². The van der Waals surface area contributed by atoms with Gasteiger partial charge >= 0.3 is 5.97 Å². The van der Waals surface area contributed by atoms with Crippen LogP contribution in [-0.2, 0) is 31.1 Å². The fraction of sp³-hybridized carbons (Fsp3) is 0.164. The smallest absolute Gasteiger partial charge is 0.356 e. The van der Waals surface area contributed by atoms with Crippen LogP contribution in [0, 0.1) is 5.82 Å². The fourth-order valence-electron chi connectivity index (χ4n) is 8.59. The number of nitrogens with zero attached hydrogens (tertiary/aromatic N) is 1. The molecule has 0 radical (unpaired) electrons. The van der Waals surface area contributed by atoms with E-state index >= 15 is 9.59 Å². The number of β-lactam (4-membered cyclic amide) rings is 1. The zero-order valence-corrected chi connectivity index (χ0v) is 37.7. The highest BCUT2D eigenvalue weighted by atomic mass is 32.2. The summed E-state index contributed by atoms with van der Waals surface area (Å²) in [5.74, 6) is -1.43. The fourth-order valence-corrected chi connectivity index (χ4v) is 14.2. The zero-order chi connectivity index (χ0) is 44.7. The van der Waals surface area contributed by atoms with Crippen molar-refractivity contribution in [2.45, 2.75) is 49.7 Å². The predicted octanol–water partition coefficient (Wildman–Crippen LogP) is 9.25. The molecule has 9 heteroatoms. The summed E-state index contributed by atoms with van der Waals surface area (Å²) in [7, 11) is 0. The quantitative estimate of drug-likeness (QED) is 0.0479. The number of esters is 1. The van der Waals surface area contributed by atoms with Gasteiger partial charge in [0.25, 0.3) is 0 Å². The third kappa shape index (κ3) is 8.91. The van der Waals surface area contributed by atoms with Crippen molar-refractivity contribution in [2.75, 3.05) is 5.75 Å². The van der Waals surface area contributed by atoms with E-state index in [2.05, 4.69) is 41.7 Å². The van der Waals surface area contributed by atoms with E-state index in [1.54, 1.807) is 17.0 Å². The van der Waals surface area contributed by atoms with Gasteiger partial charge in [-0.2, -0.15) is 0 Å². The third-order valence-electron chi connectivity index (χ3n) is 11.3. The van der Waals surface area contributed by atoms with Crippen LogP contribution in [0.2, 0.25) is 0 Å². The monoisotopic (exact) mass is 884 g/mol. The summed E-state index contributed by atoms with van der Waals surface area (Å²) in [5, 5.41) is 5.73. The van der Waals surface area contributed by atoms with E-state index in [-0.39, 0.29) is 35.1 Å². The number of likely N-dealkylation sites (tertiary alicyclic amines) is 1. The molecule has 1 aliphatic rings. The molecule has 322 valence electrons. The van der Waals surface area contributed by atoms with Crippen LogP contribution in [0.5, 0.6) is 0 Å². The number of rotatable bonds is 15. The largest absolute Gasteiger partial charge is 0.455 e. The number of Topliss-reactive ketones (excluding diaryl/α,β-unsaturated/α-hetero) is 1. The van der Waals surface area contributed by atoms with Crippen LogP contribution in [-0.4, -0.2) is 50.7 Å². The molecule has 1 heterocycles. The second-order valence-corrected chi connectivity index (χ2v) is 21.1. The van der Waals surface area contributed by atoms with Gasteiger partial charge < -0.3 is 4.74 Å². The number of halogens is 1. The molecule has 1 aliphatic heterocycles. The van der Waals surface area contributed by atoms with Gasteiger partial charge in [-0.15, -0.1) is 11.8 Å². The first kappa shape index (κ1) is 44.3. The van der Waals surface area contributed by atoms with Crippen LogP contribution >= 0.6 is 18.6 Å². The highest BCUT2D eigenvalue weighted by Gasteiger charge is 2.57. The molecular formula is C55H50FN2O4PS. The summed E-state index contributed by atoms with van der Waals surface area (Å²) in [6.45, 7) is 2.20. The molecule has 64 heavy (non-hydrogen) atoms. The number of carbonyl (C=O) groups excluding carboxylic acids is 3. The van der Waals surface area contributed by atoms with Gasteiger partial charge in [0, 0.05) is 13.3 Å². The van der Waals surface area contributed by atoms with E-state index in [1.165, 1.54) is 23.9 Å². The lowest BCUT2D eigenvalue weighted by Crippen LogP contribution is -2.74. The molecule has 0 spiro atoms. The molecule has 0 bridgehead atoms. The molecule has 1 amide bonds. The topological polar surface area (TPSA) is 75.7 Å². The Morgan fingerprint density at radius 2 is 1.00 bits per heavy atom. The van der Waals surface area contributed by atoms with Crippen molar-refractivity contribution in [3.8, 4) is 0 Å². The Morgan fingerprint density at radius 1 is 0.609 bits per heavy atom. The average Bonchev–Trinajstić information content (AvgIpc) is 3.32. The molecule has 6 nitrogen and oxygen atoms in total. The molecule has 0 aliphatic carbocycles. The summed E-state index contributed by atoms with van der Waals surface area (Å²) in [5.41, 5.74) is 1.65. The molecule has 7 aromatic carbocycles. The van der Waals surface area contributed by atoms with Crippen LogP contribution in [0.4, 0.5) is 4.39 Å². The Bertz CT molecular complexity index is 2550. The van der Waals surface area contributed by atoms with Gasteiger partial charge in [0.1, 0.15) is 34.0 Å². The summed E-state index contributed by atoms with van der Waals surface area (Å²) in [6, 6.07) is 64.9. The van der Waals surface area contributed by atoms with Gasteiger partial charge in [-0.3, -0.25) is 19.8 Å². The minimum Gasteiger partial charge on any atom is -0.455 e. The Labute approximate surface area is 379 Å². The number of benzene rings is 7. The number of amides is 1. The van der Waals surface area contributed by atoms with Gasteiger partial charge in [-0.25, -0.2) is 9.18 Å². The molecule has 1 N–H and O–H groups in total. The Balaban J connectivity index is 1.39. The van der Waals surface area contributed by atoms with Crippen LogP contribution in [0.15, 0.2) is 206 Å². The third-order valence-corrected chi connectivity index (χ3v) is 16.9. The number of carbonyl (C=O) groups is 3. The van der Waals surface area contributed by atoms with Crippen molar-refractivity contribution < 1.29 is 23.5 Å². The maximum atomic E-state index is 15.9. The summed E-state index contributed by atoms with van der Waals surface area (Å²) in [6.07, 6.45) is 0.0750. The van der Waals surface area contributed by atoms with E-state index in [0.29, 0.717) is 5.56 Å². The predicted molar refractivity (Wildman–Crippen MR) is 260 cm³/mol. The summed E-state index contributed by atoms with van der Waals surface area (Å²) < 4.78 is 20.3. The summed E-state index contributed by atoms with van der Waals surface area (Å²) in [4.78, 5) is 47.1.